The van der Waals surface area contributed by atoms with Gasteiger partial charge >= 0.3 is 0 Å². The highest BCUT2D eigenvalue weighted by atomic mass is 16.3. The number of para-hydroxylation sites is 1. The summed E-state index contributed by atoms with van der Waals surface area (Å²) in [6.45, 7) is 2.32. The maximum atomic E-state index is 11.8. The summed E-state index contributed by atoms with van der Waals surface area (Å²) in [6.07, 6.45) is 0.123. The van der Waals surface area contributed by atoms with E-state index in [4.69, 9.17) is 25.5 Å². The van der Waals surface area contributed by atoms with Gasteiger partial charge in [-0.3, -0.25) is 9.55 Å². The SMILES string of the molecule is [2H]c1nc(-c2cc(-c3cccc4c3nc(-c3cc(C)cc(C)c3O)n4-c3ccc(CC(C)C)cc3-c3ccccc3)cc(C(C)(C)C)c2)c([2H])c(-c2c([2H])c([2H])c(C(C([2H])([2H])[2H])(C([2H])([2H])[2H])C([2H])([2H])[2H])c([2H])c2[2H])c1[2H]. The number of phenolic OH excluding ortho intramolecular Hbond substituents is 1. The minimum absolute atomic E-state index is 0.0647. The van der Waals surface area contributed by atoms with Crippen LogP contribution in [-0.4, -0.2) is 19.6 Å². The number of phenols is 1. The van der Waals surface area contributed by atoms with E-state index in [-0.39, 0.29) is 17.0 Å². The van der Waals surface area contributed by atoms with E-state index in [0.717, 1.165) is 39.9 Å². The summed E-state index contributed by atoms with van der Waals surface area (Å²) in [7, 11) is 0. The normalized spacial score (nSPS) is 16.6. The zero-order chi connectivity index (χ0) is 56.1. The first-order valence-corrected chi connectivity index (χ1v) is 20.0. The van der Waals surface area contributed by atoms with Gasteiger partial charge in [-0.05, 0) is 136 Å². The maximum absolute atomic E-state index is 11.8. The van der Waals surface area contributed by atoms with E-state index in [1.165, 1.54) is 0 Å². The van der Waals surface area contributed by atoms with Crippen LogP contribution in [0.1, 0.15) is 105 Å². The number of aromatic hydroxyl groups is 1. The van der Waals surface area contributed by atoms with Gasteiger partial charge in [0, 0.05) is 35.2 Å². The summed E-state index contributed by atoms with van der Waals surface area (Å²) in [5.74, 6) is 0.926. The smallest absolute Gasteiger partial charge is 0.149 e. The predicted molar refractivity (Wildman–Crippen MR) is 253 cm³/mol. The van der Waals surface area contributed by atoms with Crippen molar-refractivity contribution in [2.24, 2.45) is 5.92 Å². The number of imidazole rings is 1. The molecule has 0 unspecified atom stereocenters. The number of hydrogen-bond donors (Lipinski definition) is 1. The Bertz CT molecular complexity index is 3540. The third-order valence-electron chi connectivity index (χ3n) is 10.6. The number of fused-ring (bicyclic) bond motifs is 1. The van der Waals surface area contributed by atoms with Crippen molar-refractivity contribution in [3.63, 3.8) is 0 Å². The second-order valence-electron chi connectivity index (χ2n) is 17.0. The first-order chi connectivity index (χ1) is 35.2. The monoisotopic (exact) mass is 804 g/mol. The fourth-order valence-corrected chi connectivity index (χ4v) is 7.67. The number of pyridine rings is 1. The lowest BCUT2D eigenvalue weighted by Crippen LogP contribution is -2.11. The Balaban J connectivity index is 1.42. The Morgan fingerprint density at radius 1 is 0.683 bits per heavy atom. The highest BCUT2D eigenvalue weighted by Gasteiger charge is 2.25. The molecule has 0 amide bonds. The van der Waals surface area contributed by atoms with Gasteiger partial charge in [-0.1, -0.05) is 140 Å². The van der Waals surface area contributed by atoms with E-state index in [0.29, 0.717) is 45.0 Å². The van der Waals surface area contributed by atoms with Gasteiger partial charge in [-0.15, -0.1) is 0 Å². The van der Waals surface area contributed by atoms with Crippen LogP contribution in [0.15, 0.2) is 139 Å². The standard InChI is InChI=1S/C56H57N3O/c1-35(2)27-38-19-24-50(47(30-38)40-15-12-11-13-16-40)59-51-18-14-17-46(52(51)58-54(59)48-29-36(3)28-37(4)53(48)60)42-31-43(33-45(32-42)56(8,9)10)49-34-41(25-26-57-49)39-20-22-44(23-21-39)55(5,6)7/h11-26,28-35,60H,27H2,1-10H3/i5D3,6D3,7D3,20D,21D,22D,23D,25D,26D,34D. The number of benzene rings is 6. The van der Waals surface area contributed by atoms with Crippen molar-refractivity contribution < 1.29 is 27.0 Å². The van der Waals surface area contributed by atoms with Gasteiger partial charge in [0.1, 0.15) is 11.6 Å². The van der Waals surface area contributed by atoms with E-state index < -0.39 is 90.5 Å². The molecule has 8 aromatic rings. The van der Waals surface area contributed by atoms with Crippen LogP contribution in [0.2, 0.25) is 0 Å². The zero-order valence-corrected chi connectivity index (χ0v) is 34.8. The minimum atomic E-state index is -3.92. The number of nitrogens with zero attached hydrogens (tertiary/aromatic N) is 3. The predicted octanol–water partition coefficient (Wildman–Crippen LogP) is 14.9. The molecule has 0 aliphatic rings. The molecule has 1 N–H and O–H groups in total. The molecular weight excluding hydrogens is 731 g/mol. The van der Waals surface area contributed by atoms with Crippen molar-refractivity contribution in [1.82, 2.24) is 14.5 Å². The Labute approximate surface area is 379 Å². The number of hydrogen-bond acceptors (Lipinski definition) is 3. The molecule has 2 aromatic heterocycles. The van der Waals surface area contributed by atoms with Crippen molar-refractivity contribution in [3.8, 4) is 67.5 Å². The van der Waals surface area contributed by atoms with Crippen LogP contribution >= 0.6 is 0 Å². The summed E-state index contributed by atoms with van der Waals surface area (Å²) in [5.41, 5.74) is 2.04. The Morgan fingerprint density at radius 2 is 1.43 bits per heavy atom. The third-order valence-corrected chi connectivity index (χ3v) is 10.6. The van der Waals surface area contributed by atoms with Gasteiger partial charge in [-0.2, -0.15) is 0 Å². The van der Waals surface area contributed by atoms with Crippen molar-refractivity contribution in [2.75, 3.05) is 0 Å². The summed E-state index contributed by atoms with van der Waals surface area (Å²) in [5, 5.41) is 11.8. The van der Waals surface area contributed by atoms with Gasteiger partial charge in [-0.25, -0.2) is 4.98 Å². The molecule has 0 aliphatic carbocycles. The first-order valence-electron chi connectivity index (χ1n) is 28.0. The Kier molecular flexibility index (Phi) is 6.65. The second kappa shape index (κ2) is 15.7. The molecule has 0 saturated heterocycles. The fraction of sp³-hybridized carbons (Fsp3) is 0.250. The number of aromatic nitrogens is 3. The minimum Gasteiger partial charge on any atom is -0.507 e. The highest BCUT2D eigenvalue weighted by molar-refractivity contribution is 5.98. The molecule has 302 valence electrons. The summed E-state index contributed by atoms with van der Waals surface area (Å²) in [4.78, 5) is 9.79. The summed E-state index contributed by atoms with van der Waals surface area (Å²) >= 11 is 0. The molecule has 0 aliphatic heterocycles. The van der Waals surface area contributed by atoms with Crippen LogP contribution in [0.4, 0.5) is 0 Å². The van der Waals surface area contributed by atoms with Crippen molar-refractivity contribution >= 4 is 11.0 Å². The van der Waals surface area contributed by atoms with Gasteiger partial charge in [0.15, 0.2) is 0 Å². The highest BCUT2D eigenvalue weighted by Crippen LogP contribution is 2.43. The lowest BCUT2D eigenvalue weighted by molar-refractivity contribution is 0.472. The molecule has 4 heteroatoms. The van der Waals surface area contributed by atoms with E-state index >= 15 is 0 Å². The van der Waals surface area contributed by atoms with Crippen LogP contribution < -0.4 is 0 Å². The van der Waals surface area contributed by atoms with Crippen molar-refractivity contribution in [3.05, 3.63) is 167 Å². The topological polar surface area (TPSA) is 50.9 Å². The van der Waals surface area contributed by atoms with Gasteiger partial charge < -0.3 is 5.11 Å². The van der Waals surface area contributed by atoms with E-state index in [9.17, 15) is 6.48 Å². The van der Waals surface area contributed by atoms with Crippen molar-refractivity contribution in [2.45, 2.75) is 86.3 Å². The van der Waals surface area contributed by atoms with Gasteiger partial charge in [0.25, 0.3) is 0 Å². The van der Waals surface area contributed by atoms with Crippen LogP contribution in [0.25, 0.3) is 72.7 Å². The second-order valence-corrected chi connectivity index (χ2v) is 17.0. The lowest BCUT2D eigenvalue weighted by Gasteiger charge is -2.22. The van der Waals surface area contributed by atoms with Crippen LogP contribution in [-0.2, 0) is 17.3 Å². The zero-order valence-electron chi connectivity index (χ0n) is 50.8. The molecule has 8 rings (SSSR count). The number of rotatable bonds is 8. The summed E-state index contributed by atoms with van der Waals surface area (Å²) in [6, 6.07) is 25.2. The van der Waals surface area contributed by atoms with E-state index in [1.807, 2.05) is 89.2 Å². The van der Waals surface area contributed by atoms with Crippen LogP contribution in [0, 0.1) is 19.8 Å². The average Bonchev–Trinajstić information content (AvgIpc) is 3.71. The molecule has 2 heterocycles. The molecule has 6 aromatic carbocycles. The van der Waals surface area contributed by atoms with E-state index in [2.05, 4.69) is 53.7 Å². The average molecular weight is 804 g/mol. The third kappa shape index (κ3) is 8.04. The Morgan fingerprint density at radius 3 is 2.15 bits per heavy atom. The van der Waals surface area contributed by atoms with Gasteiger partial charge in [0.2, 0.25) is 0 Å². The number of aryl methyl sites for hydroxylation is 2. The largest absolute Gasteiger partial charge is 0.507 e. The molecule has 0 fully saturated rings. The lowest BCUT2D eigenvalue weighted by atomic mass is 9.83. The molecule has 0 spiro atoms. The summed E-state index contributed by atoms with van der Waals surface area (Å²) < 4.78 is 140. The maximum Gasteiger partial charge on any atom is 0.149 e. The van der Waals surface area contributed by atoms with Crippen molar-refractivity contribution in [1.29, 1.82) is 0 Å². The van der Waals surface area contributed by atoms with Crippen LogP contribution in [0.5, 0.6) is 5.75 Å². The molecule has 0 saturated carbocycles. The first kappa shape index (κ1) is 25.4. The fourth-order valence-electron chi connectivity index (χ4n) is 7.67. The van der Waals surface area contributed by atoms with E-state index in [1.54, 1.807) is 12.1 Å². The van der Waals surface area contributed by atoms with Crippen LogP contribution in [0.3, 0.4) is 0 Å². The molecule has 0 atom stereocenters. The molecule has 0 bridgehead atoms. The molecular formula is C56H57N3O. The van der Waals surface area contributed by atoms with Gasteiger partial charge in [0.05, 0.1) is 37.6 Å². The Hall–Kier alpha value is -6.26. The quantitative estimate of drug-likeness (QED) is 0.166. The molecule has 60 heavy (non-hydrogen) atoms. The molecule has 0 radical (unpaired) electrons. The molecule has 4 nitrogen and oxygen atoms in total.